The van der Waals surface area contributed by atoms with Crippen LogP contribution in [0.15, 0.2) is 30.4 Å². The second-order valence-corrected chi connectivity index (χ2v) is 8.31. The SMILES string of the molecule is CCCCCCCC/C=C\CCCCCCCCc1cccc2c1C(=O)NC2=O. The van der Waals surface area contributed by atoms with Crippen molar-refractivity contribution in [1.82, 2.24) is 5.32 Å². The lowest BCUT2D eigenvalue weighted by molar-refractivity contribution is 0.0879. The average molecular weight is 398 g/mol. The highest BCUT2D eigenvalue weighted by atomic mass is 16.2. The van der Waals surface area contributed by atoms with Crippen molar-refractivity contribution in [2.75, 3.05) is 0 Å². The van der Waals surface area contributed by atoms with Gasteiger partial charge in [0.05, 0.1) is 11.1 Å². The maximum Gasteiger partial charge on any atom is 0.259 e. The molecule has 1 aromatic carbocycles. The number of fused-ring (bicyclic) bond motifs is 1. The molecule has 2 rings (SSSR count). The fraction of sp³-hybridized carbons (Fsp3) is 0.615. The predicted octanol–water partition coefficient (Wildman–Crippen LogP) is 7.15. The number of amides is 2. The van der Waals surface area contributed by atoms with E-state index in [1.807, 2.05) is 12.1 Å². The van der Waals surface area contributed by atoms with Crippen LogP contribution in [0.25, 0.3) is 0 Å². The van der Waals surface area contributed by atoms with Gasteiger partial charge in [0, 0.05) is 0 Å². The largest absolute Gasteiger partial charge is 0.288 e. The van der Waals surface area contributed by atoms with Gasteiger partial charge in [-0.15, -0.1) is 0 Å². The van der Waals surface area contributed by atoms with Crippen molar-refractivity contribution in [3.8, 4) is 0 Å². The minimum absolute atomic E-state index is 0.231. The first-order chi connectivity index (χ1) is 14.2. The van der Waals surface area contributed by atoms with E-state index >= 15 is 0 Å². The summed E-state index contributed by atoms with van der Waals surface area (Å²) in [6.45, 7) is 2.27. The number of carbonyl (C=O) groups excluding carboxylic acids is 2. The number of hydrogen-bond donors (Lipinski definition) is 1. The molecule has 160 valence electrons. The van der Waals surface area contributed by atoms with Crippen LogP contribution in [0.4, 0.5) is 0 Å². The van der Waals surface area contributed by atoms with Crippen molar-refractivity contribution < 1.29 is 9.59 Å². The molecule has 0 unspecified atom stereocenters. The zero-order valence-corrected chi connectivity index (χ0v) is 18.3. The first-order valence-electron chi connectivity index (χ1n) is 11.9. The van der Waals surface area contributed by atoms with E-state index in [2.05, 4.69) is 24.4 Å². The Morgan fingerprint density at radius 3 is 1.97 bits per heavy atom. The Bertz CT molecular complexity index is 663. The molecule has 2 amide bonds. The second-order valence-electron chi connectivity index (χ2n) is 8.31. The molecular weight excluding hydrogens is 358 g/mol. The van der Waals surface area contributed by atoms with Crippen LogP contribution in [-0.2, 0) is 6.42 Å². The topological polar surface area (TPSA) is 46.2 Å². The van der Waals surface area contributed by atoms with Gasteiger partial charge in [0.15, 0.2) is 0 Å². The van der Waals surface area contributed by atoms with Gasteiger partial charge in [0.25, 0.3) is 11.8 Å². The van der Waals surface area contributed by atoms with Gasteiger partial charge in [-0.3, -0.25) is 14.9 Å². The summed E-state index contributed by atoms with van der Waals surface area (Å²) < 4.78 is 0. The summed E-state index contributed by atoms with van der Waals surface area (Å²) in [5.41, 5.74) is 2.16. The summed E-state index contributed by atoms with van der Waals surface area (Å²) >= 11 is 0. The Morgan fingerprint density at radius 2 is 1.31 bits per heavy atom. The van der Waals surface area contributed by atoms with Crippen molar-refractivity contribution in [1.29, 1.82) is 0 Å². The Kier molecular flexibility index (Phi) is 11.4. The van der Waals surface area contributed by atoms with Gasteiger partial charge < -0.3 is 0 Å². The zero-order chi connectivity index (χ0) is 20.7. The Balaban J connectivity index is 1.44. The molecule has 0 radical (unpaired) electrons. The molecule has 1 aliphatic rings. The van der Waals surface area contributed by atoms with Crippen molar-refractivity contribution in [2.45, 2.75) is 103 Å². The van der Waals surface area contributed by atoms with Crippen molar-refractivity contribution in [3.63, 3.8) is 0 Å². The van der Waals surface area contributed by atoms with Crippen molar-refractivity contribution in [2.24, 2.45) is 0 Å². The standard InChI is InChI=1S/C26H39NO2/c1-2-3-4-5-6-7-8-9-10-11-12-13-14-15-16-17-19-22-20-18-21-23-24(22)26(29)27-25(23)28/h9-10,18,20-21H,2-8,11-17,19H2,1H3,(H,27,28,29)/b10-9-. The summed E-state index contributed by atoms with van der Waals surface area (Å²) in [6.07, 6.45) is 23.8. The predicted molar refractivity (Wildman–Crippen MR) is 121 cm³/mol. The van der Waals surface area contributed by atoms with E-state index in [9.17, 15) is 9.59 Å². The zero-order valence-electron chi connectivity index (χ0n) is 18.3. The van der Waals surface area contributed by atoms with E-state index in [1.54, 1.807) is 6.07 Å². The molecule has 3 heteroatoms. The lowest BCUT2D eigenvalue weighted by atomic mass is 9.97. The van der Waals surface area contributed by atoms with Crippen LogP contribution in [-0.4, -0.2) is 11.8 Å². The molecule has 1 heterocycles. The van der Waals surface area contributed by atoms with Crippen LogP contribution in [0, 0.1) is 0 Å². The number of allylic oxidation sites excluding steroid dienone is 2. The van der Waals surface area contributed by atoms with E-state index in [-0.39, 0.29) is 11.8 Å². The van der Waals surface area contributed by atoms with E-state index in [0.29, 0.717) is 11.1 Å². The van der Waals surface area contributed by atoms with E-state index in [1.165, 1.54) is 83.5 Å². The Hall–Kier alpha value is -1.90. The number of imide groups is 1. The number of benzene rings is 1. The number of unbranched alkanes of at least 4 members (excludes halogenated alkanes) is 12. The highest BCUT2D eigenvalue weighted by Crippen LogP contribution is 2.22. The molecule has 0 saturated heterocycles. The lowest BCUT2D eigenvalue weighted by Crippen LogP contribution is -2.20. The summed E-state index contributed by atoms with van der Waals surface area (Å²) in [7, 11) is 0. The minimum Gasteiger partial charge on any atom is -0.288 e. The molecule has 3 nitrogen and oxygen atoms in total. The molecule has 0 spiro atoms. The van der Waals surface area contributed by atoms with Gasteiger partial charge in [0.1, 0.15) is 0 Å². The molecule has 0 bridgehead atoms. The highest BCUT2D eigenvalue weighted by Gasteiger charge is 2.28. The monoisotopic (exact) mass is 397 g/mol. The quantitative estimate of drug-likeness (QED) is 0.183. The van der Waals surface area contributed by atoms with Crippen LogP contribution in [0.3, 0.4) is 0 Å². The van der Waals surface area contributed by atoms with E-state index < -0.39 is 0 Å². The van der Waals surface area contributed by atoms with Gasteiger partial charge >= 0.3 is 0 Å². The number of nitrogens with one attached hydrogen (secondary N) is 1. The molecule has 29 heavy (non-hydrogen) atoms. The second kappa shape index (κ2) is 14.1. The summed E-state index contributed by atoms with van der Waals surface area (Å²) in [5.74, 6) is -0.488. The van der Waals surface area contributed by atoms with Gasteiger partial charge in [0.2, 0.25) is 0 Å². The summed E-state index contributed by atoms with van der Waals surface area (Å²) in [4.78, 5) is 23.6. The third kappa shape index (κ3) is 8.55. The fourth-order valence-corrected chi connectivity index (χ4v) is 4.06. The van der Waals surface area contributed by atoms with E-state index in [0.717, 1.165) is 18.4 Å². The molecule has 1 N–H and O–H groups in total. The number of carbonyl (C=O) groups is 2. The number of hydrogen-bond acceptors (Lipinski definition) is 2. The maximum absolute atomic E-state index is 11.9. The first-order valence-corrected chi connectivity index (χ1v) is 11.9. The van der Waals surface area contributed by atoms with Crippen molar-refractivity contribution >= 4 is 11.8 Å². The third-order valence-electron chi connectivity index (χ3n) is 5.81. The lowest BCUT2D eigenvalue weighted by Gasteiger charge is -2.06. The van der Waals surface area contributed by atoms with Gasteiger partial charge in [-0.05, 0) is 50.2 Å². The molecule has 1 aromatic rings. The molecule has 0 aromatic heterocycles. The molecule has 0 fully saturated rings. The average Bonchev–Trinajstić information content (AvgIpc) is 3.02. The summed E-state index contributed by atoms with van der Waals surface area (Å²) in [6, 6.07) is 5.60. The summed E-state index contributed by atoms with van der Waals surface area (Å²) in [5, 5.41) is 2.40. The van der Waals surface area contributed by atoms with Crippen LogP contribution in [0.1, 0.15) is 123 Å². The highest BCUT2D eigenvalue weighted by molar-refractivity contribution is 6.22. The van der Waals surface area contributed by atoms with Gasteiger partial charge in [-0.2, -0.15) is 0 Å². The van der Waals surface area contributed by atoms with Crippen LogP contribution >= 0.6 is 0 Å². The van der Waals surface area contributed by atoms with Gasteiger partial charge in [-0.1, -0.05) is 89.0 Å². The molecule has 0 saturated carbocycles. The fourth-order valence-electron chi connectivity index (χ4n) is 4.06. The normalized spacial score (nSPS) is 13.3. The van der Waals surface area contributed by atoms with Crippen LogP contribution < -0.4 is 5.32 Å². The van der Waals surface area contributed by atoms with E-state index in [4.69, 9.17) is 0 Å². The van der Waals surface area contributed by atoms with Crippen molar-refractivity contribution in [3.05, 3.63) is 47.0 Å². The van der Waals surface area contributed by atoms with Gasteiger partial charge in [-0.25, -0.2) is 0 Å². The first kappa shape index (κ1) is 23.4. The Labute approximate surface area is 177 Å². The molecular formula is C26H39NO2. The smallest absolute Gasteiger partial charge is 0.259 e. The molecule has 1 aliphatic heterocycles. The van der Waals surface area contributed by atoms with Crippen LogP contribution in [0.2, 0.25) is 0 Å². The van der Waals surface area contributed by atoms with Crippen LogP contribution in [0.5, 0.6) is 0 Å². The Morgan fingerprint density at radius 1 is 0.724 bits per heavy atom. The molecule has 0 atom stereocenters. The third-order valence-corrected chi connectivity index (χ3v) is 5.81. The maximum atomic E-state index is 11.9. The number of aryl methyl sites for hydroxylation is 1. The number of rotatable bonds is 16. The molecule has 0 aliphatic carbocycles. The minimum atomic E-state index is -0.257.